The molecule has 2 nitrogen and oxygen atoms in total. The first-order valence-electron chi connectivity index (χ1n) is 6.02. The highest BCUT2D eigenvalue weighted by atomic mass is 79.9. The molecule has 0 fully saturated rings. The molecule has 1 atom stereocenters. The van der Waals surface area contributed by atoms with Crippen molar-refractivity contribution in [3.8, 4) is 5.75 Å². The second kappa shape index (κ2) is 6.10. The minimum Gasteiger partial charge on any atom is -0.495 e. The van der Waals surface area contributed by atoms with Crippen LogP contribution in [0.15, 0.2) is 34.8 Å². The lowest BCUT2D eigenvalue weighted by Crippen LogP contribution is -2.15. The largest absolute Gasteiger partial charge is 0.495 e. The van der Waals surface area contributed by atoms with Gasteiger partial charge in [-0.3, -0.25) is 0 Å². The molecule has 0 aromatic heterocycles. The average Bonchev–Trinajstić information content (AvgIpc) is 2.39. The van der Waals surface area contributed by atoms with Gasteiger partial charge in [0.15, 0.2) is 0 Å². The zero-order valence-corrected chi connectivity index (χ0v) is 11.7. The Hall–Kier alpha value is -0.960. The van der Waals surface area contributed by atoms with Crippen molar-refractivity contribution in [1.29, 1.82) is 0 Å². The fraction of sp³-hybridized carbons (Fsp3) is 0.429. The van der Waals surface area contributed by atoms with Gasteiger partial charge in [0.2, 0.25) is 0 Å². The zero-order valence-electron chi connectivity index (χ0n) is 10.1. The van der Waals surface area contributed by atoms with Crippen molar-refractivity contribution in [3.05, 3.63) is 34.8 Å². The Morgan fingerprint density at radius 2 is 2.29 bits per heavy atom. The van der Waals surface area contributed by atoms with Crippen LogP contribution in [0, 0.1) is 5.92 Å². The van der Waals surface area contributed by atoms with Gasteiger partial charge in [-0.15, -0.1) is 0 Å². The van der Waals surface area contributed by atoms with Crippen LogP contribution in [0.25, 0.3) is 0 Å². The number of nitrogens with one attached hydrogen (secondary N) is 1. The number of allylic oxidation sites excluding steroid dienone is 2. The maximum absolute atomic E-state index is 5.28. The number of methoxy groups -OCH3 is 1. The molecule has 0 heterocycles. The van der Waals surface area contributed by atoms with Crippen molar-refractivity contribution in [1.82, 2.24) is 0 Å². The predicted molar refractivity (Wildman–Crippen MR) is 75.7 cm³/mol. The minimum atomic E-state index is 0.759. The standard InChI is InChI=1S/C14H18BrNO/c1-17-14-9-12(7-8-13(14)15)16-10-11-5-3-2-4-6-11/h2-3,7-9,11,16H,4-6,10H2,1H3. The van der Waals surface area contributed by atoms with Crippen molar-refractivity contribution < 1.29 is 4.74 Å². The summed E-state index contributed by atoms with van der Waals surface area (Å²) in [4.78, 5) is 0. The summed E-state index contributed by atoms with van der Waals surface area (Å²) in [5.41, 5.74) is 1.12. The number of halogens is 1. The molecule has 0 spiro atoms. The van der Waals surface area contributed by atoms with E-state index < -0.39 is 0 Å². The van der Waals surface area contributed by atoms with E-state index in [-0.39, 0.29) is 0 Å². The Morgan fingerprint density at radius 1 is 1.41 bits per heavy atom. The van der Waals surface area contributed by atoms with E-state index in [0.717, 1.165) is 28.4 Å². The smallest absolute Gasteiger partial charge is 0.135 e. The molecule has 1 aliphatic carbocycles. The summed E-state index contributed by atoms with van der Waals surface area (Å²) >= 11 is 3.46. The maximum Gasteiger partial charge on any atom is 0.135 e. The molecule has 92 valence electrons. The molecule has 1 aromatic carbocycles. The van der Waals surface area contributed by atoms with Crippen molar-refractivity contribution in [2.75, 3.05) is 19.0 Å². The van der Waals surface area contributed by atoms with Crippen molar-refractivity contribution >= 4 is 21.6 Å². The summed E-state index contributed by atoms with van der Waals surface area (Å²) in [6, 6.07) is 6.12. The molecule has 1 N–H and O–H groups in total. The van der Waals surface area contributed by atoms with Crippen molar-refractivity contribution in [2.45, 2.75) is 19.3 Å². The summed E-state index contributed by atoms with van der Waals surface area (Å²) in [5, 5.41) is 3.48. The van der Waals surface area contributed by atoms with Gasteiger partial charge in [0.25, 0.3) is 0 Å². The van der Waals surface area contributed by atoms with Crippen LogP contribution in [0.3, 0.4) is 0 Å². The normalized spacial score (nSPS) is 19.1. The van der Waals surface area contributed by atoms with Crippen LogP contribution in [0.5, 0.6) is 5.75 Å². The van der Waals surface area contributed by atoms with Crippen LogP contribution in [-0.2, 0) is 0 Å². The minimum absolute atomic E-state index is 0.759. The Bertz CT molecular complexity index is 403. The predicted octanol–water partition coefficient (Wildman–Crippen LogP) is 4.23. The summed E-state index contributed by atoms with van der Waals surface area (Å²) in [6.07, 6.45) is 8.27. The van der Waals surface area contributed by atoms with E-state index in [9.17, 15) is 0 Å². The second-order valence-electron chi connectivity index (χ2n) is 4.38. The van der Waals surface area contributed by atoms with Gasteiger partial charge in [0, 0.05) is 18.3 Å². The first-order valence-corrected chi connectivity index (χ1v) is 6.81. The van der Waals surface area contributed by atoms with Crippen LogP contribution >= 0.6 is 15.9 Å². The van der Waals surface area contributed by atoms with Crippen LogP contribution in [0.4, 0.5) is 5.69 Å². The molecule has 1 aliphatic rings. The van der Waals surface area contributed by atoms with Gasteiger partial charge in [-0.1, -0.05) is 12.2 Å². The summed E-state index contributed by atoms with van der Waals surface area (Å²) in [7, 11) is 1.69. The van der Waals surface area contributed by atoms with Gasteiger partial charge in [-0.05, 0) is 53.2 Å². The summed E-state index contributed by atoms with van der Waals surface area (Å²) < 4.78 is 6.27. The van der Waals surface area contributed by atoms with E-state index in [1.165, 1.54) is 19.3 Å². The van der Waals surface area contributed by atoms with Gasteiger partial charge in [0.05, 0.1) is 11.6 Å². The van der Waals surface area contributed by atoms with E-state index >= 15 is 0 Å². The third-order valence-electron chi connectivity index (χ3n) is 3.12. The molecule has 0 saturated carbocycles. The highest BCUT2D eigenvalue weighted by molar-refractivity contribution is 9.10. The number of hydrogen-bond donors (Lipinski definition) is 1. The lowest BCUT2D eigenvalue weighted by Gasteiger charge is -2.19. The van der Waals surface area contributed by atoms with Crippen molar-refractivity contribution in [2.24, 2.45) is 5.92 Å². The molecule has 1 aromatic rings. The second-order valence-corrected chi connectivity index (χ2v) is 5.24. The number of anilines is 1. The van der Waals surface area contributed by atoms with Gasteiger partial charge in [0.1, 0.15) is 5.75 Å². The first kappa shape index (κ1) is 12.5. The molecule has 3 heteroatoms. The quantitative estimate of drug-likeness (QED) is 0.840. The van der Waals surface area contributed by atoms with E-state index in [1.807, 2.05) is 12.1 Å². The van der Waals surface area contributed by atoms with Gasteiger partial charge < -0.3 is 10.1 Å². The maximum atomic E-state index is 5.28. The SMILES string of the molecule is COc1cc(NCC2CC=CCC2)ccc1Br. The lowest BCUT2D eigenvalue weighted by atomic mass is 9.94. The Balaban J connectivity index is 1.92. The lowest BCUT2D eigenvalue weighted by molar-refractivity contribution is 0.412. The Morgan fingerprint density at radius 3 is 3.00 bits per heavy atom. The monoisotopic (exact) mass is 295 g/mol. The molecule has 0 aliphatic heterocycles. The van der Waals surface area contributed by atoms with Crippen LogP contribution < -0.4 is 10.1 Å². The molecule has 1 unspecified atom stereocenters. The van der Waals surface area contributed by atoms with E-state index in [2.05, 4.69) is 39.5 Å². The molecule has 0 amide bonds. The summed E-state index contributed by atoms with van der Waals surface area (Å²) in [6.45, 7) is 1.04. The van der Waals surface area contributed by atoms with E-state index in [4.69, 9.17) is 4.74 Å². The van der Waals surface area contributed by atoms with Gasteiger partial charge in [-0.2, -0.15) is 0 Å². The number of rotatable bonds is 4. The zero-order chi connectivity index (χ0) is 12.1. The van der Waals surface area contributed by atoms with Gasteiger partial charge >= 0.3 is 0 Å². The molecule has 17 heavy (non-hydrogen) atoms. The molecular weight excluding hydrogens is 278 g/mol. The third-order valence-corrected chi connectivity index (χ3v) is 3.78. The fourth-order valence-corrected chi connectivity index (χ4v) is 2.48. The first-order chi connectivity index (χ1) is 8.29. The van der Waals surface area contributed by atoms with E-state index in [0.29, 0.717) is 0 Å². The Kier molecular flexibility index (Phi) is 4.49. The Labute approximate surface area is 111 Å². The molecule has 0 radical (unpaired) electrons. The molecular formula is C14H18BrNO. The van der Waals surface area contributed by atoms with Crippen LogP contribution in [-0.4, -0.2) is 13.7 Å². The average molecular weight is 296 g/mol. The molecule has 2 rings (SSSR count). The van der Waals surface area contributed by atoms with Crippen LogP contribution in [0.2, 0.25) is 0 Å². The highest BCUT2D eigenvalue weighted by Gasteiger charge is 2.09. The number of ether oxygens (including phenoxy) is 1. The topological polar surface area (TPSA) is 21.3 Å². The summed E-state index contributed by atoms with van der Waals surface area (Å²) in [5.74, 6) is 1.63. The van der Waals surface area contributed by atoms with Gasteiger partial charge in [-0.25, -0.2) is 0 Å². The highest BCUT2D eigenvalue weighted by Crippen LogP contribution is 2.28. The third kappa shape index (κ3) is 3.50. The fourth-order valence-electron chi connectivity index (χ4n) is 2.07. The van der Waals surface area contributed by atoms with E-state index in [1.54, 1.807) is 7.11 Å². The molecule has 0 saturated heterocycles. The van der Waals surface area contributed by atoms with Crippen molar-refractivity contribution in [3.63, 3.8) is 0 Å². The number of hydrogen-bond acceptors (Lipinski definition) is 2. The van der Waals surface area contributed by atoms with Crippen LogP contribution in [0.1, 0.15) is 19.3 Å². The number of benzene rings is 1. The molecule has 0 bridgehead atoms.